The maximum atomic E-state index is 6.24. The maximum absolute atomic E-state index is 6.24. The number of hydrogen-bond acceptors (Lipinski definition) is 5. The Bertz CT molecular complexity index is 2720. The molecule has 0 aliphatic rings. The van der Waals surface area contributed by atoms with Crippen LogP contribution in [0.1, 0.15) is 0 Å². The molecule has 3 aromatic heterocycles. The summed E-state index contributed by atoms with van der Waals surface area (Å²) in [6.07, 6.45) is 0. The first-order valence-electron chi connectivity index (χ1n) is 16.6. The fraction of sp³-hybridized carbons (Fsp3) is 0. The van der Waals surface area contributed by atoms with Gasteiger partial charge in [0.25, 0.3) is 0 Å². The van der Waals surface area contributed by atoms with Crippen molar-refractivity contribution in [3.8, 4) is 56.4 Å². The highest BCUT2D eigenvalue weighted by atomic mass is 32.1. The van der Waals surface area contributed by atoms with Crippen LogP contribution in [0.4, 0.5) is 0 Å². The molecular weight excluding hydrogens is 631 g/mol. The van der Waals surface area contributed by atoms with Crippen molar-refractivity contribution in [3.05, 3.63) is 164 Å². The fourth-order valence-corrected chi connectivity index (χ4v) is 7.94. The summed E-state index contributed by atoms with van der Waals surface area (Å²) in [5.41, 5.74) is 9.12. The summed E-state index contributed by atoms with van der Waals surface area (Å²) >= 11 is 1.79. The van der Waals surface area contributed by atoms with E-state index in [9.17, 15) is 0 Å². The first-order valence-corrected chi connectivity index (χ1v) is 17.4. The van der Waals surface area contributed by atoms with E-state index in [-0.39, 0.29) is 0 Å². The Balaban J connectivity index is 1.07. The van der Waals surface area contributed by atoms with E-state index in [1.165, 1.54) is 31.3 Å². The van der Waals surface area contributed by atoms with E-state index in [0.717, 1.165) is 49.8 Å². The van der Waals surface area contributed by atoms with Gasteiger partial charge in [-0.25, -0.2) is 15.0 Å². The SMILES string of the molecule is c1ccc(-c2ccc(-c3ccc(-c4nc(-c5ccc6c(c5)oc5ccccc56)nc(-c5ccc6c(c5)sc5ccccc56)n4)cc3)cc2)cc1. The van der Waals surface area contributed by atoms with Gasteiger partial charge in [-0.2, -0.15) is 0 Å². The highest BCUT2D eigenvalue weighted by Crippen LogP contribution is 2.37. The average molecular weight is 658 g/mol. The van der Waals surface area contributed by atoms with Crippen molar-refractivity contribution in [2.45, 2.75) is 0 Å². The fourth-order valence-electron chi connectivity index (χ4n) is 6.79. The Morgan fingerprint density at radius 2 is 0.780 bits per heavy atom. The van der Waals surface area contributed by atoms with Crippen LogP contribution in [0.2, 0.25) is 0 Å². The van der Waals surface area contributed by atoms with Gasteiger partial charge in [-0.05, 0) is 52.6 Å². The zero-order chi connectivity index (χ0) is 33.0. The predicted molar refractivity (Wildman–Crippen MR) is 207 cm³/mol. The highest BCUT2D eigenvalue weighted by Gasteiger charge is 2.16. The molecule has 0 aliphatic heterocycles. The molecule has 0 radical (unpaired) electrons. The predicted octanol–water partition coefficient (Wildman–Crippen LogP) is 12.5. The van der Waals surface area contributed by atoms with E-state index < -0.39 is 0 Å². The largest absolute Gasteiger partial charge is 0.456 e. The summed E-state index contributed by atoms with van der Waals surface area (Å²) in [4.78, 5) is 15.2. The lowest BCUT2D eigenvalue weighted by Crippen LogP contribution is -2.00. The quantitative estimate of drug-likeness (QED) is 0.185. The topological polar surface area (TPSA) is 51.8 Å². The van der Waals surface area contributed by atoms with Crippen LogP contribution in [0.5, 0.6) is 0 Å². The Hall–Kier alpha value is -6.43. The van der Waals surface area contributed by atoms with Crippen LogP contribution in [0, 0.1) is 0 Å². The van der Waals surface area contributed by atoms with Crippen LogP contribution < -0.4 is 0 Å². The van der Waals surface area contributed by atoms with Gasteiger partial charge in [0, 0.05) is 47.6 Å². The van der Waals surface area contributed by atoms with Gasteiger partial charge in [0.1, 0.15) is 11.2 Å². The third-order valence-electron chi connectivity index (χ3n) is 9.38. The van der Waals surface area contributed by atoms with Crippen LogP contribution in [0.3, 0.4) is 0 Å². The molecule has 10 rings (SSSR count). The van der Waals surface area contributed by atoms with Crippen molar-refractivity contribution < 1.29 is 4.42 Å². The molecule has 0 amide bonds. The molecule has 0 fully saturated rings. The average Bonchev–Trinajstić information content (AvgIpc) is 3.76. The molecule has 5 heteroatoms. The minimum Gasteiger partial charge on any atom is -0.456 e. The lowest BCUT2D eigenvalue weighted by atomic mass is 9.99. The van der Waals surface area contributed by atoms with Crippen LogP contribution in [-0.2, 0) is 0 Å². The highest BCUT2D eigenvalue weighted by molar-refractivity contribution is 7.25. The zero-order valence-electron chi connectivity index (χ0n) is 26.7. The van der Waals surface area contributed by atoms with E-state index >= 15 is 0 Å². The second-order valence-corrected chi connectivity index (χ2v) is 13.5. The number of rotatable bonds is 5. The molecule has 4 nitrogen and oxygen atoms in total. The molecule has 0 saturated carbocycles. The molecule has 0 N–H and O–H groups in total. The molecule has 10 aromatic rings. The first kappa shape index (κ1) is 28.6. The minimum absolute atomic E-state index is 0.601. The summed E-state index contributed by atoms with van der Waals surface area (Å²) in [6.45, 7) is 0. The minimum atomic E-state index is 0.601. The van der Waals surface area contributed by atoms with Gasteiger partial charge in [0.15, 0.2) is 17.5 Å². The maximum Gasteiger partial charge on any atom is 0.164 e. The number of fused-ring (bicyclic) bond motifs is 6. The molecule has 3 heterocycles. The Morgan fingerprint density at radius 3 is 1.48 bits per heavy atom. The number of furan rings is 1. The van der Waals surface area contributed by atoms with Crippen molar-refractivity contribution in [3.63, 3.8) is 0 Å². The Kier molecular flexibility index (Phi) is 6.64. The number of nitrogens with zero attached hydrogens (tertiary/aromatic N) is 3. The van der Waals surface area contributed by atoms with E-state index in [2.05, 4.69) is 133 Å². The van der Waals surface area contributed by atoms with Crippen molar-refractivity contribution in [1.29, 1.82) is 0 Å². The molecule has 0 spiro atoms. The molecule has 0 unspecified atom stereocenters. The molecule has 0 aliphatic carbocycles. The summed E-state index contributed by atoms with van der Waals surface area (Å²) < 4.78 is 8.72. The van der Waals surface area contributed by atoms with E-state index in [1.54, 1.807) is 11.3 Å². The summed E-state index contributed by atoms with van der Waals surface area (Å²) in [5, 5.41) is 4.68. The number of para-hydroxylation sites is 1. The van der Waals surface area contributed by atoms with Gasteiger partial charge in [0.05, 0.1) is 0 Å². The van der Waals surface area contributed by atoms with Crippen LogP contribution in [0.15, 0.2) is 168 Å². The molecule has 0 atom stereocenters. The van der Waals surface area contributed by atoms with Gasteiger partial charge >= 0.3 is 0 Å². The second-order valence-electron chi connectivity index (χ2n) is 12.4. The van der Waals surface area contributed by atoms with Gasteiger partial charge in [0.2, 0.25) is 0 Å². The number of hydrogen-bond donors (Lipinski definition) is 0. The van der Waals surface area contributed by atoms with Gasteiger partial charge in [-0.15, -0.1) is 11.3 Å². The van der Waals surface area contributed by atoms with Crippen LogP contribution in [0.25, 0.3) is 98.5 Å². The van der Waals surface area contributed by atoms with Crippen molar-refractivity contribution >= 4 is 53.4 Å². The first-order chi connectivity index (χ1) is 24.7. The summed E-state index contributed by atoms with van der Waals surface area (Å²) in [7, 11) is 0. The molecule has 50 heavy (non-hydrogen) atoms. The third kappa shape index (κ3) is 4.95. The number of thiophene rings is 1. The lowest BCUT2D eigenvalue weighted by Gasteiger charge is -2.10. The molecule has 0 saturated heterocycles. The smallest absolute Gasteiger partial charge is 0.164 e. The van der Waals surface area contributed by atoms with Crippen molar-refractivity contribution in [1.82, 2.24) is 15.0 Å². The second kappa shape index (κ2) is 11.6. The van der Waals surface area contributed by atoms with Crippen molar-refractivity contribution in [2.24, 2.45) is 0 Å². The standard InChI is InChI=1S/C45H27N3OS/c1-2-8-28(9-3-1)29-14-16-30(17-15-29)31-18-20-32(21-19-31)43-46-44(33-22-24-36-35-10-4-6-12-39(35)49-40(36)26-33)48-45(47-43)34-23-25-38-37-11-5-7-13-41(37)50-42(38)27-34/h1-27H. The summed E-state index contributed by atoms with van der Waals surface area (Å²) in [5.74, 6) is 1.86. The monoisotopic (exact) mass is 657 g/mol. The lowest BCUT2D eigenvalue weighted by molar-refractivity contribution is 0.669. The van der Waals surface area contributed by atoms with Gasteiger partial charge in [-0.1, -0.05) is 133 Å². The van der Waals surface area contributed by atoms with E-state index in [4.69, 9.17) is 19.4 Å². The van der Waals surface area contributed by atoms with Crippen molar-refractivity contribution in [2.75, 3.05) is 0 Å². The van der Waals surface area contributed by atoms with E-state index in [0.29, 0.717) is 17.5 Å². The third-order valence-corrected chi connectivity index (χ3v) is 10.5. The zero-order valence-corrected chi connectivity index (χ0v) is 27.6. The van der Waals surface area contributed by atoms with E-state index in [1.807, 2.05) is 30.3 Å². The number of aromatic nitrogens is 3. The number of benzene rings is 7. The van der Waals surface area contributed by atoms with Crippen LogP contribution in [-0.4, -0.2) is 15.0 Å². The normalized spacial score (nSPS) is 11.6. The van der Waals surface area contributed by atoms with Gasteiger partial charge < -0.3 is 4.42 Å². The molecule has 7 aromatic carbocycles. The summed E-state index contributed by atoms with van der Waals surface area (Å²) in [6, 6.07) is 57.0. The molecule has 0 bridgehead atoms. The van der Waals surface area contributed by atoms with Crippen LogP contribution >= 0.6 is 11.3 Å². The Labute approximate surface area is 292 Å². The Morgan fingerprint density at radius 1 is 0.320 bits per heavy atom. The molecule has 234 valence electrons. The molecular formula is C45H27N3OS. The van der Waals surface area contributed by atoms with Gasteiger partial charge in [-0.3, -0.25) is 0 Å².